The molecule has 106 valence electrons. The van der Waals surface area contributed by atoms with Gasteiger partial charge in [-0.1, -0.05) is 13.8 Å². The van der Waals surface area contributed by atoms with Crippen LogP contribution in [0.25, 0.3) is 0 Å². The van der Waals surface area contributed by atoms with Crippen molar-refractivity contribution in [1.82, 2.24) is 10.2 Å². The van der Waals surface area contributed by atoms with Gasteiger partial charge in [0.1, 0.15) is 11.9 Å². The van der Waals surface area contributed by atoms with Crippen molar-refractivity contribution < 1.29 is 13.9 Å². The number of morpholine rings is 1. The lowest BCUT2D eigenvalue weighted by Gasteiger charge is -2.31. The summed E-state index contributed by atoms with van der Waals surface area (Å²) in [6.45, 7) is 7.59. The molecule has 0 saturated carbocycles. The molecular formula is C14H22N2O3. The fraction of sp³-hybridized carbons (Fsp3) is 0.643. The van der Waals surface area contributed by atoms with Crippen molar-refractivity contribution in [3.8, 4) is 0 Å². The van der Waals surface area contributed by atoms with Gasteiger partial charge in [-0.3, -0.25) is 9.69 Å². The van der Waals surface area contributed by atoms with Gasteiger partial charge in [0.2, 0.25) is 5.91 Å². The maximum Gasteiger partial charge on any atom is 0.250 e. The van der Waals surface area contributed by atoms with Crippen LogP contribution in [0.1, 0.15) is 19.6 Å². The first-order valence-corrected chi connectivity index (χ1v) is 6.79. The molecule has 1 aromatic rings. The fourth-order valence-electron chi connectivity index (χ4n) is 2.05. The monoisotopic (exact) mass is 266 g/mol. The van der Waals surface area contributed by atoms with E-state index in [1.54, 1.807) is 6.26 Å². The van der Waals surface area contributed by atoms with E-state index in [1.807, 2.05) is 12.1 Å². The lowest BCUT2D eigenvalue weighted by atomic mass is 10.2. The molecule has 1 aromatic heterocycles. The molecule has 19 heavy (non-hydrogen) atoms. The Bertz CT molecular complexity index is 389. The molecule has 2 rings (SSSR count). The fourth-order valence-corrected chi connectivity index (χ4v) is 2.05. The maximum atomic E-state index is 12.0. The zero-order valence-electron chi connectivity index (χ0n) is 11.6. The SMILES string of the molecule is CC(C)CNC(=O)C1CN(Cc2ccco2)CCO1. The molecule has 1 saturated heterocycles. The minimum atomic E-state index is -0.373. The highest BCUT2D eigenvalue weighted by Crippen LogP contribution is 2.11. The molecule has 0 aromatic carbocycles. The number of carbonyl (C=O) groups excluding carboxylic acids is 1. The lowest BCUT2D eigenvalue weighted by molar-refractivity contribution is -0.139. The first-order chi connectivity index (χ1) is 9.15. The van der Waals surface area contributed by atoms with Crippen molar-refractivity contribution in [3.05, 3.63) is 24.2 Å². The molecule has 1 atom stereocenters. The van der Waals surface area contributed by atoms with E-state index in [1.165, 1.54) is 0 Å². The van der Waals surface area contributed by atoms with Crippen molar-refractivity contribution in [2.24, 2.45) is 5.92 Å². The number of amides is 1. The number of rotatable bonds is 5. The Morgan fingerprint density at radius 3 is 3.11 bits per heavy atom. The summed E-state index contributed by atoms with van der Waals surface area (Å²) in [5, 5.41) is 2.92. The number of hydrogen-bond acceptors (Lipinski definition) is 4. The van der Waals surface area contributed by atoms with E-state index in [4.69, 9.17) is 9.15 Å². The predicted octanol–water partition coefficient (Wildman–Crippen LogP) is 1.25. The van der Waals surface area contributed by atoms with Gasteiger partial charge in [0.15, 0.2) is 0 Å². The van der Waals surface area contributed by atoms with Gasteiger partial charge in [-0.2, -0.15) is 0 Å². The van der Waals surface area contributed by atoms with Crippen LogP contribution >= 0.6 is 0 Å². The van der Waals surface area contributed by atoms with E-state index in [0.29, 0.717) is 25.6 Å². The van der Waals surface area contributed by atoms with E-state index >= 15 is 0 Å². The summed E-state index contributed by atoms with van der Waals surface area (Å²) in [7, 11) is 0. The molecule has 1 aliphatic rings. The number of carbonyl (C=O) groups is 1. The van der Waals surface area contributed by atoms with Crippen molar-refractivity contribution in [2.75, 3.05) is 26.2 Å². The standard InChI is InChI=1S/C14H22N2O3/c1-11(2)8-15-14(17)13-10-16(5-7-19-13)9-12-4-3-6-18-12/h3-4,6,11,13H,5,7-10H2,1-2H3,(H,15,17). The first-order valence-electron chi connectivity index (χ1n) is 6.79. The highest BCUT2D eigenvalue weighted by molar-refractivity contribution is 5.81. The second kappa shape index (κ2) is 6.73. The van der Waals surface area contributed by atoms with E-state index in [9.17, 15) is 4.79 Å². The average Bonchev–Trinajstić information content (AvgIpc) is 2.89. The number of ether oxygens (including phenoxy) is 1. The molecule has 0 bridgehead atoms. The molecule has 1 N–H and O–H groups in total. The molecule has 5 heteroatoms. The van der Waals surface area contributed by atoms with Gasteiger partial charge < -0.3 is 14.5 Å². The number of hydrogen-bond donors (Lipinski definition) is 1. The van der Waals surface area contributed by atoms with Crippen LogP contribution in [0.15, 0.2) is 22.8 Å². The summed E-state index contributed by atoms with van der Waals surface area (Å²) in [6.07, 6.45) is 1.30. The van der Waals surface area contributed by atoms with Crippen LogP contribution in [0.4, 0.5) is 0 Å². The first kappa shape index (κ1) is 14.1. The average molecular weight is 266 g/mol. The van der Waals surface area contributed by atoms with Gasteiger partial charge in [0.05, 0.1) is 19.4 Å². The minimum absolute atomic E-state index is 0.0159. The van der Waals surface area contributed by atoms with Crippen molar-refractivity contribution in [1.29, 1.82) is 0 Å². The second-order valence-corrected chi connectivity index (χ2v) is 5.31. The Labute approximate surface area is 113 Å². The van der Waals surface area contributed by atoms with Gasteiger partial charge in [-0.25, -0.2) is 0 Å². The van der Waals surface area contributed by atoms with Crippen molar-refractivity contribution in [2.45, 2.75) is 26.5 Å². The topological polar surface area (TPSA) is 54.7 Å². The predicted molar refractivity (Wildman–Crippen MR) is 71.6 cm³/mol. The van der Waals surface area contributed by atoms with E-state index < -0.39 is 0 Å². The maximum absolute atomic E-state index is 12.0. The van der Waals surface area contributed by atoms with Crippen molar-refractivity contribution in [3.63, 3.8) is 0 Å². The van der Waals surface area contributed by atoms with Gasteiger partial charge in [0.25, 0.3) is 0 Å². The van der Waals surface area contributed by atoms with Gasteiger partial charge in [0, 0.05) is 19.6 Å². The molecule has 1 unspecified atom stereocenters. The number of nitrogens with one attached hydrogen (secondary N) is 1. The van der Waals surface area contributed by atoms with Crippen LogP contribution in [0.5, 0.6) is 0 Å². The van der Waals surface area contributed by atoms with Crippen LogP contribution in [0.3, 0.4) is 0 Å². The molecule has 0 aliphatic carbocycles. The normalized spacial score (nSPS) is 20.7. The molecule has 1 fully saturated rings. The van der Waals surface area contributed by atoms with Crippen LogP contribution in [-0.4, -0.2) is 43.2 Å². The molecule has 2 heterocycles. The summed E-state index contributed by atoms with van der Waals surface area (Å²) in [5.74, 6) is 1.35. The zero-order valence-corrected chi connectivity index (χ0v) is 11.6. The number of nitrogens with zero attached hydrogens (tertiary/aromatic N) is 1. The Morgan fingerprint density at radius 2 is 2.42 bits per heavy atom. The largest absolute Gasteiger partial charge is 0.468 e. The third kappa shape index (κ3) is 4.36. The van der Waals surface area contributed by atoms with Crippen LogP contribution < -0.4 is 5.32 Å². The highest BCUT2D eigenvalue weighted by atomic mass is 16.5. The summed E-state index contributed by atoms with van der Waals surface area (Å²) >= 11 is 0. The molecule has 0 radical (unpaired) electrons. The van der Waals surface area contributed by atoms with Crippen molar-refractivity contribution >= 4 is 5.91 Å². The molecule has 1 amide bonds. The Kier molecular flexibility index (Phi) is 4.99. The quantitative estimate of drug-likeness (QED) is 0.871. The third-order valence-electron chi connectivity index (χ3n) is 3.09. The van der Waals surface area contributed by atoms with Gasteiger partial charge in [-0.05, 0) is 18.1 Å². The Hall–Kier alpha value is -1.33. The summed E-state index contributed by atoms with van der Waals surface area (Å²) in [5.41, 5.74) is 0. The molecular weight excluding hydrogens is 244 g/mol. The zero-order chi connectivity index (χ0) is 13.7. The summed E-state index contributed by atoms with van der Waals surface area (Å²) in [6, 6.07) is 3.83. The smallest absolute Gasteiger partial charge is 0.250 e. The van der Waals surface area contributed by atoms with E-state index in [-0.39, 0.29) is 12.0 Å². The molecule has 5 nitrogen and oxygen atoms in total. The minimum Gasteiger partial charge on any atom is -0.468 e. The summed E-state index contributed by atoms with van der Waals surface area (Å²) < 4.78 is 10.9. The van der Waals surface area contributed by atoms with Crippen LogP contribution in [0, 0.1) is 5.92 Å². The highest BCUT2D eigenvalue weighted by Gasteiger charge is 2.26. The lowest BCUT2D eigenvalue weighted by Crippen LogP contribution is -2.49. The Balaban J connectivity index is 1.81. The third-order valence-corrected chi connectivity index (χ3v) is 3.09. The summed E-state index contributed by atoms with van der Waals surface area (Å²) in [4.78, 5) is 14.1. The van der Waals surface area contributed by atoms with E-state index in [2.05, 4.69) is 24.1 Å². The molecule has 0 spiro atoms. The van der Waals surface area contributed by atoms with Gasteiger partial charge >= 0.3 is 0 Å². The number of furan rings is 1. The van der Waals surface area contributed by atoms with Gasteiger partial charge in [-0.15, -0.1) is 0 Å². The Morgan fingerprint density at radius 1 is 1.58 bits per heavy atom. The van der Waals surface area contributed by atoms with Crippen LogP contribution in [0.2, 0.25) is 0 Å². The molecule has 1 aliphatic heterocycles. The second-order valence-electron chi connectivity index (χ2n) is 5.31. The van der Waals surface area contributed by atoms with Crippen LogP contribution in [-0.2, 0) is 16.1 Å². The van der Waals surface area contributed by atoms with E-state index in [0.717, 1.165) is 18.8 Å².